The standard InChI is InChI=1S/C21H28F3N3O2/c1-29-17-6-4-16(5-7-17)27-12-10-20(19(27)28)9-2-11-26(14-20)18-8-3-15(13-25-18)21(22,23)24/h3,8,13,16-17H,2,4-7,9-12,14H2,1H3/t16?,17?,20-/m1/s1. The topological polar surface area (TPSA) is 45.7 Å². The van der Waals surface area contributed by atoms with Gasteiger partial charge in [0.15, 0.2) is 0 Å². The molecule has 1 aromatic rings. The van der Waals surface area contributed by atoms with Crippen molar-refractivity contribution in [1.29, 1.82) is 0 Å². The number of amides is 1. The van der Waals surface area contributed by atoms with E-state index >= 15 is 0 Å². The van der Waals surface area contributed by atoms with Crippen molar-refractivity contribution >= 4 is 11.7 Å². The molecule has 1 aromatic heterocycles. The minimum Gasteiger partial charge on any atom is -0.381 e. The molecule has 3 fully saturated rings. The molecule has 8 heteroatoms. The zero-order valence-electron chi connectivity index (χ0n) is 16.7. The Hall–Kier alpha value is -1.83. The van der Waals surface area contributed by atoms with E-state index in [9.17, 15) is 18.0 Å². The minimum atomic E-state index is -4.39. The fourth-order valence-corrected chi connectivity index (χ4v) is 5.24. The normalized spacial score (nSPS) is 31.0. The fourth-order valence-electron chi connectivity index (χ4n) is 5.24. The van der Waals surface area contributed by atoms with E-state index in [2.05, 4.69) is 9.88 Å². The second-order valence-electron chi connectivity index (χ2n) is 8.62. The molecule has 3 aliphatic rings. The molecule has 2 saturated heterocycles. The lowest BCUT2D eigenvalue weighted by atomic mass is 9.78. The molecular formula is C21H28F3N3O2. The van der Waals surface area contributed by atoms with Crippen LogP contribution in [-0.4, -0.2) is 54.7 Å². The smallest absolute Gasteiger partial charge is 0.381 e. The summed E-state index contributed by atoms with van der Waals surface area (Å²) in [6.45, 7) is 2.02. The summed E-state index contributed by atoms with van der Waals surface area (Å²) in [7, 11) is 1.74. The fraction of sp³-hybridized carbons (Fsp3) is 0.714. The largest absolute Gasteiger partial charge is 0.417 e. The number of carbonyl (C=O) groups excluding carboxylic acids is 1. The van der Waals surface area contributed by atoms with Crippen molar-refractivity contribution in [1.82, 2.24) is 9.88 Å². The molecule has 0 bridgehead atoms. The van der Waals surface area contributed by atoms with Crippen LogP contribution in [0, 0.1) is 5.41 Å². The predicted molar refractivity (Wildman–Crippen MR) is 103 cm³/mol. The van der Waals surface area contributed by atoms with Crippen LogP contribution in [0.4, 0.5) is 19.0 Å². The lowest BCUT2D eigenvalue weighted by Crippen LogP contribution is -2.50. The molecule has 0 radical (unpaired) electrons. The monoisotopic (exact) mass is 411 g/mol. The van der Waals surface area contributed by atoms with Crippen LogP contribution >= 0.6 is 0 Å². The van der Waals surface area contributed by atoms with Gasteiger partial charge in [-0.25, -0.2) is 4.98 Å². The van der Waals surface area contributed by atoms with Crippen LogP contribution in [0.3, 0.4) is 0 Å². The van der Waals surface area contributed by atoms with Crippen molar-refractivity contribution in [2.45, 2.75) is 63.3 Å². The van der Waals surface area contributed by atoms with Gasteiger partial charge in [0.05, 0.1) is 17.1 Å². The molecule has 4 rings (SSSR count). The molecule has 29 heavy (non-hydrogen) atoms. The molecule has 0 unspecified atom stereocenters. The van der Waals surface area contributed by atoms with Gasteiger partial charge in [-0.1, -0.05) is 0 Å². The van der Waals surface area contributed by atoms with E-state index in [4.69, 9.17) is 4.74 Å². The Bertz CT molecular complexity index is 732. The predicted octanol–water partition coefficient (Wildman–Crippen LogP) is 3.88. The number of rotatable bonds is 3. The van der Waals surface area contributed by atoms with Crippen LogP contribution in [0.15, 0.2) is 18.3 Å². The number of aromatic nitrogens is 1. The maximum absolute atomic E-state index is 13.4. The zero-order valence-corrected chi connectivity index (χ0v) is 16.7. The number of anilines is 1. The third-order valence-electron chi connectivity index (χ3n) is 6.94. The van der Waals surface area contributed by atoms with Crippen molar-refractivity contribution in [2.75, 3.05) is 31.6 Å². The zero-order chi connectivity index (χ0) is 20.6. The molecule has 3 heterocycles. The average Bonchev–Trinajstić information content (AvgIpc) is 3.03. The summed E-state index contributed by atoms with van der Waals surface area (Å²) in [5, 5.41) is 0. The summed E-state index contributed by atoms with van der Waals surface area (Å²) < 4.78 is 43.9. The highest BCUT2D eigenvalue weighted by Crippen LogP contribution is 2.43. The first kappa shape index (κ1) is 20.4. The van der Waals surface area contributed by atoms with Gasteiger partial charge in [0.1, 0.15) is 5.82 Å². The van der Waals surface area contributed by atoms with Gasteiger partial charge < -0.3 is 14.5 Å². The van der Waals surface area contributed by atoms with E-state index in [0.29, 0.717) is 25.0 Å². The number of pyridine rings is 1. The van der Waals surface area contributed by atoms with Gasteiger partial charge in [-0.3, -0.25) is 4.79 Å². The Morgan fingerprint density at radius 1 is 1.14 bits per heavy atom. The Morgan fingerprint density at radius 2 is 1.90 bits per heavy atom. The molecule has 1 aliphatic carbocycles. The van der Waals surface area contributed by atoms with Gasteiger partial charge in [-0.15, -0.1) is 0 Å². The van der Waals surface area contributed by atoms with Gasteiger partial charge in [0.25, 0.3) is 0 Å². The SMILES string of the molecule is COC1CCC(N2CC[C@@]3(CCCN(c4ccc(C(F)(F)F)cn4)C3)C2=O)CC1. The number of nitrogens with zero attached hydrogens (tertiary/aromatic N) is 3. The first-order valence-corrected chi connectivity index (χ1v) is 10.4. The van der Waals surface area contributed by atoms with Crippen molar-refractivity contribution in [3.05, 3.63) is 23.9 Å². The molecule has 0 N–H and O–H groups in total. The molecule has 0 aromatic carbocycles. The lowest BCUT2D eigenvalue weighted by Gasteiger charge is -2.41. The van der Waals surface area contributed by atoms with Crippen molar-refractivity contribution in [3.8, 4) is 0 Å². The van der Waals surface area contributed by atoms with E-state index in [-0.39, 0.29) is 11.9 Å². The van der Waals surface area contributed by atoms with Crippen LogP contribution in [0.25, 0.3) is 0 Å². The number of ether oxygens (including phenoxy) is 1. The molecule has 5 nitrogen and oxygen atoms in total. The van der Waals surface area contributed by atoms with Crippen molar-refractivity contribution < 1.29 is 22.7 Å². The van der Waals surface area contributed by atoms with Gasteiger partial charge >= 0.3 is 6.18 Å². The van der Waals surface area contributed by atoms with E-state index in [1.54, 1.807) is 7.11 Å². The Kier molecular flexibility index (Phi) is 5.48. The van der Waals surface area contributed by atoms with Crippen LogP contribution < -0.4 is 4.90 Å². The van der Waals surface area contributed by atoms with Crippen LogP contribution in [-0.2, 0) is 15.7 Å². The summed E-state index contributed by atoms with van der Waals surface area (Å²) in [6.07, 6.45) is 3.22. The molecular weight excluding hydrogens is 383 g/mol. The number of hydrogen-bond donors (Lipinski definition) is 0. The molecule has 1 saturated carbocycles. The highest BCUT2D eigenvalue weighted by atomic mass is 19.4. The third kappa shape index (κ3) is 3.96. The molecule has 2 aliphatic heterocycles. The van der Waals surface area contributed by atoms with Crippen molar-refractivity contribution in [3.63, 3.8) is 0 Å². The molecule has 1 atom stereocenters. The Morgan fingerprint density at radius 3 is 2.52 bits per heavy atom. The maximum Gasteiger partial charge on any atom is 0.417 e. The van der Waals surface area contributed by atoms with Crippen LogP contribution in [0.2, 0.25) is 0 Å². The Labute approximate surface area is 169 Å². The second kappa shape index (κ2) is 7.78. The van der Waals surface area contributed by atoms with Gasteiger partial charge in [0, 0.05) is 39.0 Å². The molecule has 160 valence electrons. The van der Waals surface area contributed by atoms with Gasteiger partial charge in [-0.05, 0) is 57.1 Å². The number of carbonyl (C=O) groups is 1. The number of piperidine rings is 1. The Balaban J connectivity index is 1.44. The molecule has 1 amide bonds. The first-order chi connectivity index (χ1) is 13.8. The number of hydrogen-bond acceptors (Lipinski definition) is 4. The van der Waals surface area contributed by atoms with E-state index in [0.717, 1.165) is 63.8 Å². The lowest BCUT2D eigenvalue weighted by molar-refractivity contribution is -0.139. The number of likely N-dealkylation sites (tertiary alicyclic amines) is 1. The average molecular weight is 411 g/mol. The number of halogens is 3. The van der Waals surface area contributed by atoms with Crippen molar-refractivity contribution in [2.24, 2.45) is 5.41 Å². The van der Waals surface area contributed by atoms with Crippen LogP contribution in [0.1, 0.15) is 50.5 Å². The minimum absolute atomic E-state index is 0.218. The quantitative estimate of drug-likeness (QED) is 0.757. The third-order valence-corrected chi connectivity index (χ3v) is 6.94. The summed E-state index contributed by atoms with van der Waals surface area (Å²) in [6, 6.07) is 2.78. The van der Waals surface area contributed by atoms with Gasteiger partial charge in [-0.2, -0.15) is 13.2 Å². The number of methoxy groups -OCH3 is 1. The van der Waals surface area contributed by atoms with E-state index in [1.165, 1.54) is 6.07 Å². The maximum atomic E-state index is 13.4. The summed E-state index contributed by atoms with van der Waals surface area (Å²) in [5.74, 6) is 0.735. The van der Waals surface area contributed by atoms with Crippen LogP contribution in [0.5, 0.6) is 0 Å². The second-order valence-corrected chi connectivity index (χ2v) is 8.62. The highest BCUT2D eigenvalue weighted by Gasteiger charge is 2.50. The molecule has 1 spiro atoms. The summed E-state index contributed by atoms with van der Waals surface area (Å²) in [5.41, 5.74) is -1.18. The summed E-state index contributed by atoms with van der Waals surface area (Å²) >= 11 is 0. The van der Waals surface area contributed by atoms with E-state index < -0.39 is 17.2 Å². The summed E-state index contributed by atoms with van der Waals surface area (Å²) in [4.78, 5) is 21.5. The first-order valence-electron chi connectivity index (χ1n) is 10.4. The van der Waals surface area contributed by atoms with E-state index in [1.807, 2.05) is 4.90 Å². The highest BCUT2D eigenvalue weighted by molar-refractivity contribution is 5.86. The van der Waals surface area contributed by atoms with Gasteiger partial charge in [0.2, 0.25) is 5.91 Å². The number of alkyl halides is 3.